The molecule has 1 rings (SSSR count). The number of rotatable bonds is 8. The highest BCUT2D eigenvalue weighted by molar-refractivity contribution is 7.89. The largest absolute Gasteiger partial charge is 0.481 e. The van der Waals surface area contributed by atoms with Gasteiger partial charge in [0.25, 0.3) is 0 Å². The minimum absolute atomic E-state index is 0.158. The van der Waals surface area contributed by atoms with E-state index in [1.807, 2.05) is 44.2 Å². The Morgan fingerprint density at radius 2 is 1.90 bits per heavy atom. The quantitative estimate of drug-likeness (QED) is 0.797. The molecule has 0 radical (unpaired) electrons. The summed E-state index contributed by atoms with van der Waals surface area (Å²) in [6.07, 6.45) is 0.309. The molecule has 0 bridgehead atoms. The van der Waals surface area contributed by atoms with Crippen LogP contribution in [-0.2, 0) is 21.4 Å². The van der Waals surface area contributed by atoms with Gasteiger partial charge in [0.1, 0.15) is 0 Å². The van der Waals surface area contributed by atoms with Crippen LogP contribution < -0.4 is 0 Å². The molecule has 20 heavy (non-hydrogen) atoms. The third-order valence-electron chi connectivity index (χ3n) is 3.19. The zero-order valence-electron chi connectivity index (χ0n) is 11.8. The Morgan fingerprint density at radius 1 is 1.30 bits per heavy atom. The summed E-state index contributed by atoms with van der Waals surface area (Å²) in [5, 5.41) is 8.66. The van der Waals surface area contributed by atoms with Crippen LogP contribution in [-0.4, -0.2) is 35.6 Å². The standard InChI is InChI=1S/C14H21NO4S/c1-3-12(2)15(11-13-7-5-4-6-8-13)20(18,19)10-9-14(16)17/h4-8,12H,3,9-11H2,1-2H3,(H,16,17). The first-order chi connectivity index (χ1) is 9.36. The SMILES string of the molecule is CCC(C)N(Cc1ccccc1)S(=O)(=O)CCC(=O)O. The van der Waals surface area contributed by atoms with E-state index in [1.54, 1.807) is 0 Å². The normalized spacial score (nSPS) is 13.3. The molecular weight excluding hydrogens is 278 g/mol. The second-order valence-corrected chi connectivity index (χ2v) is 6.79. The second-order valence-electron chi connectivity index (χ2n) is 4.75. The van der Waals surface area contributed by atoms with E-state index in [9.17, 15) is 13.2 Å². The summed E-state index contributed by atoms with van der Waals surface area (Å²) in [5.41, 5.74) is 0.895. The summed E-state index contributed by atoms with van der Waals surface area (Å²) < 4.78 is 26.0. The fourth-order valence-electron chi connectivity index (χ4n) is 1.83. The molecule has 0 saturated heterocycles. The Balaban J connectivity index is 2.91. The summed E-state index contributed by atoms with van der Waals surface area (Å²) in [6, 6.07) is 9.15. The summed E-state index contributed by atoms with van der Waals surface area (Å²) in [6.45, 7) is 4.02. The first-order valence-electron chi connectivity index (χ1n) is 6.62. The van der Waals surface area contributed by atoms with Crippen molar-refractivity contribution in [1.82, 2.24) is 4.31 Å². The van der Waals surface area contributed by atoms with Crippen molar-refractivity contribution in [2.24, 2.45) is 0 Å². The molecule has 1 aromatic rings. The average Bonchev–Trinajstić information content (AvgIpc) is 2.43. The van der Waals surface area contributed by atoms with Crippen LogP contribution in [0.1, 0.15) is 32.3 Å². The maximum Gasteiger partial charge on any atom is 0.304 e. The predicted octanol–water partition coefficient (Wildman–Crippen LogP) is 2.09. The summed E-state index contributed by atoms with van der Waals surface area (Å²) in [4.78, 5) is 10.6. The molecule has 1 N–H and O–H groups in total. The minimum Gasteiger partial charge on any atom is -0.481 e. The van der Waals surface area contributed by atoms with Gasteiger partial charge >= 0.3 is 5.97 Å². The minimum atomic E-state index is -3.57. The lowest BCUT2D eigenvalue weighted by atomic mass is 10.2. The van der Waals surface area contributed by atoms with Crippen LogP contribution in [0, 0.1) is 0 Å². The highest BCUT2D eigenvalue weighted by Crippen LogP contribution is 2.16. The number of nitrogens with zero attached hydrogens (tertiary/aromatic N) is 1. The van der Waals surface area contributed by atoms with E-state index in [1.165, 1.54) is 4.31 Å². The summed E-state index contributed by atoms with van der Waals surface area (Å²) >= 11 is 0. The van der Waals surface area contributed by atoms with Crippen LogP contribution in [0.25, 0.3) is 0 Å². The van der Waals surface area contributed by atoms with E-state index in [0.29, 0.717) is 6.42 Å². The predicted molar refractivity (Wildman–Crippen MR) is 77.8 cm³/mol. The number of benzene rings is 1. The zero-order valence-corrected chi connectivity index (χ0v) is 12.6. The van der Waals surface area contributed by atoms with Crippen molar-refractivity contribution in [2.75, 3.05) is 5.75 Å². The monoisotopic (exact) mass is 299 g/mol. The van der Waals surface area contributed by atoms with Crippen LogP contribution in [0.3, 0.4) is 0 Å². The highest BCUT2D eigenvalue weighted by Gasteiger charge is 2.27. The fraction of sp³-hybridized carbons (Fsp3) is 0.500. The van der Waals surface area contributed by atoms with Crippen molar-refractivity contribution in [2.45, 2.75) is 39.3 Å². The van der Waals surface area contributed by atoms with Crippen LogP contribution >= 0.6 is 0 Å². The molecule has 0 aliphatic rings. The second kappa shape index (κ2) is 7.40. The third kappa shape index (κ3) is 4.94. The van der Waals surface area contributed by atoms with Crippen molar-refractivity contribution in [3.63, 3.8) is 0 Å². The van der Waals surface area contributed by atoms with Crippen molar-refractivity contribution in [1.29, 1.82) is 0 Å². The Hall–Kier alpha value is -1.40. The Bertz CT molecular complexity index is 527. The fourth-order valence-corrected chi connectivity index (χ4v) is 3.54. The Kier molecular flexibility index (Phi) is 6.16. The van der Waals surface area contributed by atoms with Crippen LogP contribution in [0.4, 0.5) is 0 Å². The van der Waals surface area contributed by atoms with E-state index in [-0.39, 0.29) is 24.8 Å². The van der Waals surface area contributed by atoms with Gasteiger partial charge in [-0.05, 0) is 18.9 Å². The van der Waals surface area contributed by atoms with Gasteiger partial charge in [-0.25, -0.2) is 8.42 Å². The lowest BCUT2D eigenvalue weighted by Crippen LogP contribution is -2.39. The van der Waals surface area contributed by atoms with Gasteiger partial charge in [0, 0.05) is 12.6 Å². The molecule has 1 unspecified atom stereocenters. The summed E-state index contributed by atoms with van der Waals surface area (Å²) in [7, 11) is -3.57. The molecule has 0 saturated carbocycles. The number of aliphatic carboxylic acids is 1. The molecule has 0 aliphatic carbocycles. The molecule has 0 aromatic heterocycles. The van der Waals surface area contributed by atoms with E-state index < -0.39 is 16.0 Å². The number of hydrogen-bond donors (Lipinski definition) is 1. The topological polar surface area (TPSA) is 74.7 Å². The Morgan fingerprint density at radius 3 is 2.40 bits per heavy atom. The number of carbonyl (C=O) groups is 1. The van der Waals surface area contributed by atoms with Crippen molar-refractivity contribution >= 4 is 16.0 Å². The van der Waals surface area contributed by atoms with Gasteiger partial charge in [0.2, 0.25) is 10.0 Å². The first kappa shape index (κ1) is 16.7. The van der Waals surface area contributed by atoms with Gasteiger partial charge in [-0.2, -0.15) is 4.31 Å². The number of sulfonamides is 1. The molecule has 6 heteroatoms. The molecule has 112 valence electrons. The van der Waals surface area contributed by atoms with E-state index in [4.69, 9.17) is 5.11 Å². The van der Waals surface area contributed by atoms with Gasteiger partial charge in [-0.3, -0.25) is 4.79 Å². The van der Waals surface area contributed by atoms with E-state index in [2.05, 4.69) is 0 Å². The highest BCUT2D eigenvalue weighted by atomic mass is 32.2. The average molecular weight is 299 g/mol. The maximum atomic E-state index is 12.3. The molecule has 1 atom stereocenters. The molecule has 0 heterocycles. The maximum absolute atomic E-state index is 12.3. The molecular formula is C14H21NO4S. The molecule has 0 amide bonds. The zero-order chi connectivity index (χ0) is 15.2. The van der Waals surface area contributed by atoms with E-state index in [0.717, 1.165) is 5.56 Å². The van der Waals surface area contributed by atoms with Gasteiger partial charge < -0.3 is 5.11 Å². The number of carboxylic acid groups (broad SMARTS) is 1. The van der Waals surface area contributed by atoms with Gasteiger partial charge in [-0.15, -0.1) is 0 Å². The smallest absolute Gasteiger partial charge is 0.304 e. The molecule has 0 aliphatic heterocycles. The van der Waals surface area contributed by atoms with Crippen molar-refractivity contribution in [3.05, 3.63) is 35.9 Å². The van der Waals surface area contributed by atoms with Gasteiger partial charge in [0.05, 0.1) is 12.2 Å². The van der Waals surface area contributed by atoms with Crippen LogP contribution in [0.2, 0.25) is 0 Å². The molecule has 1 aromatic carbocycles. The molecule has 5 nitrogen and oxygen atoms in total. The molecule has 0 fully saturated rings. The lowest BCUT2D eigenvalue weighted by molar-refractivity contribution is -0.136. The van der Waals surface area contributed by atoms with Crippen LogP contribution in [0.5, 0.6) is 0 Å². The van der Waals surface area contributed by atoms with Crippen molar-refractivity contribution < 1.29 is 18.3 Å². The number of carboxylic acids is 1. The van der Waals surface area contributed by atoms with Gasteiger partial charge in [-0.1, -0.05) is 37.3 Å². The third-order valence-corrected chi connectivity index (χ3v) is 5.12. The van der Waals surface area contributed by atoms with Crippen molar-refractivity contribution in [3.8, 4) is 0 Å². The lowest BCUT2D eigenvalue weighted by Gasteiger charge is -2.27. The molecule has 0 spiro atoms. The van der Waals surface area contributed by atoms with E-state index >= 15 is 0 Å². The Labute approximate surface area is 120 Å². The summed E-state index contributed by atoms with van der Waals surface area (Å²) in [5.74, 6) is -1.46. The first-order valence-corrected chi connectivity index (χ1v) is 8.23. The number of hydrogen-bond acceptors (Lipinski definition) is 3. The van der Waals surface area contributed by atoms with Gasteiger partial charge in [0.15, 0.2) is 0 Å². The van der Waals surface area contributed by atoms with Crippen LogP contribution in [0.15, 0.2) is 30.3 Å².